The SMILES string of the molecule is C[C@H](CC(=O)[C@H](CCCCNCC(=O)c1ccccc1)NCC(=O)c1ccccc1)Cc1ccccc1.S.S. The minimum atomic E-state index is -0.364. The molecule has 3 aromatic carbocycles. The van der Waals surface area contributed by atoms with Crippen LogP contribution in [0, 0.1) is 5.92 Å². The highest BCUT2D eigenvalue weighted by molar-refractivity contribution is 7.59. The number of nitrogens with one attached hydrogen (secondary N) is 2. The first kappa shape index (κ1) is 34.3. The Kier molecular flexibility index (Phi) is 17.0. The van der Waals surface area contributed by atoms with Crippen LogP contribution in [0.15, 0.2) is 91.0 Å². The standard InChI is InChI=1S/C32H38N2O3.2H2S/c1-25(21-26-13-5-2-6-14-26)22-30(35)29(34-24-32(37)28-17-9-4-10-18-28)19-11-12-20-33-23-31(36)27-15-7-3-8-16-27;;/h2-10,13-18,25,29,33-34H,11-12,19-24H2,1H3;2*1H2/t25-,29-;;/m0../s1. The summed E-state index contributed by atoms with van der Waals surface area (Å²) in [5.41, 5.74) is 2.58. The third-order valence-corrected chi connectivity index (χ3v) is 6.45. The van der Waals surface area contributed by atoms with Gasteiger partial charge >= 0.3 is 0 Å². The van der Waals surface area contributed by atoms with E-state index >= 15 is 0 Å². The van der Waals surface area contributed by atoms with E-state index in [1.54, 1.807) is 12.1 Å². The molecule has 0 spiro atoms. The molecular weight excluding hydrogens is 524 g/mol. The van der Waals surface area contributed by atoms with E-state index < -0.39 is 0 Å². The van der Waals surface area contributed by atoms with Gasteiger partial charge in [-0.3, -0.25) is 14.4 Å². The molecule has 3 rings (SSSR count). The Balaban J connectivity index is 0.00000380. The van der Waals surface area contributed by atoms with Crippen molar-refractivity contribution in [2.75, 3.05) is 19.6 Å². The number of hydrogen-bond donors (Lipinski definition) is 2. The van der Waals surface area contributed by atoms with E-state index in [9.17, 15) is 14.4 Å². The minimum Gasteiger partial charge on any atom is -0.310 e. The van der Waals surface area contributed by atoms with Gasteiger partial charge in [0.25, 0.3) is 0 Å². The van der Waals surface area contributed by atoms with Crippen molar-refractivity contribution in [3.8, 4) is 0 Å². The zero-order chi connectivity index (χ0) is 26.3. The van der Waals surface area contributed by atoms with Gasteiger partial charge in [0, 0.05) is 17.5 Å². The summed E-state index contributed by atoms with van der Waals surface area (Å²) in [6.45, 7) is 3.24. The van der Waals surface area contributed by atoms with Gasteiger partial charge in [0.1, 0.15) is 5.78 Å². The Labute approximate surface area is 247 Å². The summed E-state index contributed by atoms with van der Waals surface area (Å²) >= 11 is 0. The van der Waals surface area contributed by atoms with Gasteiger partial charge in [-0.05, 0) is 37.3 Å². The maximum absolute atomic E-state index is 13.2. The van der Waals surface area contributed by atoms with Crippen molar-refractivity contribution in [3.63, 3.8) is 0 Å². The van der Waals surface area contributed by atoms with Crippen LogP contribution in [0.25, 0.3) is 0 Å². The quantitative estimate of drug-likeness (QED) is 0.166. The summed E-state index contributed by atoms with van der Waals surface area (Å²) in [5, 5.41) is 6.45. The molecule has 0 aromatic heterocycles. The maximum atomic E-state index is 13.2. The molecule has 0 heterocycles. The van der Waals surface area contributed by atoms with Gasteiger partial charge in [-0.2, -0.15) is 27.0 Å². The largest absolute Gasteiger partial charge is 0.310 e. The third kappa shape index (κ3) is 12.8. The first-order valence-electron chi connectivity index (χ1n) is 13.2. The van der Waals surface area contributed by atoms with E-state index in [0.717, 1.165) is 19.3 Å². The molecule has 0 fully saturated rings. The average Bonchev–Trinajstić information content (AvgIpc) is 2.93. The van der Waals surface area contributed by atoms with Crippen molar-refractivity contribution < 1.29 is 14.4 Å². The minimum absolute atomic E-state index is 0. The summed E-state index contributed by atoms with van der Waals surface area (Å²) < 4.78 is 0. The normalized spacial score (nSPS) is 11.9. The van der Waals surface area contributed by atoms with Gasteiger partial charge in [-0.1, -0.05) is 104 Å². The lowest BCUT2D eigenvalue weighted by Crippen LogP contribution is -2.40. The molecule has 5 nitrogen and oxygen atoms in total. The van der Waals surface area contributed by atoms with Crippen molar-refractivity contribution in [2.45, 2.75) is 45.1 Å². The Morgan fingerprint density at radius 2 is 1.21 bits per heavy atom. The molecule has 0 saturated heterocycles. The molecular formula is C32H42N2O3S2. The highest BCUT2D eigenvalue weighted by atomic mass is 32.1. The van der Waals surface area contributed by atoms with Crippen molar-refractivity contribution in [1.29, 1.82) is 0 Å². The first-order valence-corrected chi connectivity index (χ1v) is 13.2. The number of carbonyl (C=O) groups excluding carboxylic acids is 3. The fraction of sp³-hybridized carbons (Fsp3) is 0.344. The molecule has 0 bridgehead atoms. The smallest absolute Gasteiger partial charge is 0.176 e. The van der Waals surface area contributed by atoms with Gasteiger partial charge in [0.2, 0.25) is 0 Å². The van der Waals surface area contributed by atoms with Crippen molar-refractivity contribution in [3.05, 3.63) is 108 Å². The van der Waals surface area contributed by atoms with Crippen LogP contribution < -0.4 is 10.6 Å². The average molecular weight is 567 g/mol. The van der Waals surface area contributed by atoms with E-state index in [1.807, 2.05) is 66.7 Å². The Bertz CT molecular complexity index is 1110. The maximum Gasteiger partial charge on any atom is 0.176 e. The number of unbranched alkanes of at least 4 members (excludes halogenated alkanes) is 1. The second kappa shape index (κ2) is 19.4. The predicted octanol–water partition coefficient (Wildman–Crippen LogP) is 5.53. The van der Waals surface area contributed by atoms with Crippen LogP contribution >= 0.6 is 27.0 Å². The van der Waals surface area contributed by atoms with E-state index in [4.69, 9.17) is 0 Å². The lowest BCUT2D eigenvalue weighted by Gasteiger charge is -2.20. The zero-order valence-corrected chi connectivity index (χ0v) is 24.7. The molecule has 0 unspecified atom stereocenters. The summed E-state index contributed by atoms with van der Waals surface area (Å²) in [7, 11) is 0. The predicted molar refractivity (Wildman–Crippen MR) is 170 cm³/mol. The number of rotatable bonds is 17. The van der Waals surface area contributed by atoms with Crippen LogP contribution in [0.1, 0.15) is 58.9 Å². The lowest BCUT2D eigenvalue weighted by molar-refractivity contribution is -0.122. The van der Waals surface area contributed by atoms with Crippen LogP contribution in [-0.4, -0.2) is 43.0 Å². The topological polar surface area (TPSA) is 75.3 Å². The van der Waals surface area contributed by atoms with Crippen LogP contribution in [0.4, 0.5) is 0 Å². The molecule has 0 aliphatic carbocycles. The summed E-state index contributed by atoms with van der Waals surface area (Å²) in [6, 6.07) is 28.3. The zero-order valence-electron chi connectivity index (χ0n) is 22.7. The summed E-state index contributed by atoms with van der Waals surface area (Å²) in [6.07, 6.45) is 3.65. The molecule has 210 valence electrons. The van der Waals surface area contributed by atoms with Gasteiger partial charge in [0.05, 0.1) is 19.1 Å². The highest BCUT2D eigenvalue weighted by Crippen LogP contribution is 2.15. The van der Waals surface area contributed by atoms with Gasteiger partial charge in [0.15, 0.2) is 11.6 Å². The summed E-state index contributed by atoms with van der Waals surface area (Å²) in [4.78, 5) is 38.1. The Hall–Kier alpha value is -2.71. The molecule has 7 heteroatoms. The van der Waals surface area contributed by atoms with Crippen LogP contribution in [0.2, 0.25) is 0 Å². The number of hydrogen-bond acceptors (Lipinski definition) is 5. The van der Waals surface area contributed by atoms with Crippen molar-refractivity contribution >= 4 is 44.3 Å². The number of Topliss-reactive ketones (excluding diaryl/α,β-unsaturated/α-hetero) is 3. The molecule has 3 aromatic rings. The van der Waals surface area contributed by atoms with Crippen LogP contribution in [-0.2, 0) is 11.2 Å². The molecule has 2 N–H and O–H groups in total. The summed E-state index contributed by atoms with van der Waals surface area (Å²) in [5.74, 6) is 0.421. The van der Waals surface area contributed by atoms with Crippen molar-refractivity contribution in [1.82, 2.24) is 10.6 Å². The molecule has 2 atom stereocenters. The Morgan fingerprint density at radius 1 is 0.692 bits per heavy atom. The van der Waals surface area contributed by atoms with E-state index in [1.165, 1.54) is 5.56 Å². The number of ketones is 3. The molecule has 0 saturated carbocycles. The molecule has 39 heavy (non-hydrogen) atoms. The lowest BCUT2D eigenvalue weighted by atomic mass is 9.92. The van der Waals surface area contributed by atoms with E-state index in [0.29, 0.717) is 37.1 Å². The Morgan fingerprint density at radius 3 is 1.77 bits per heavy atom. The third-order valence-electron chi connectivity index (χ3n) is 6.45. The molecule has 0 aliphatic rings. The van der Waals surface area contributed by atoms with Crippen molar-refractivity contribution in [2.24, 2.45) is 5.92 Å². The van der Waals surface area contributed by atoms with E-state index in [-0.39, 0.29) is 62.8 Å². The molecule has 0 radical (unpaired) electrons. The van der Waals surface area contributed by atoms with Crippen LogP contribution in [0.3, 0.4) is 0 Å². The first-order chi connectivity index (χ1) is 18.0. The second-order valence-electron chi connectivity index (χ2n) is 9.65. The van der Waals surface area contributed by atoms with Gasteiger partial charge in [-0.15, -0.1) is 0 Å². The monoisotopic (exact) mass is 566 g/mol. The second-order valence-corrected chi connectivity index (χ2v) is 9.65. The number of carbonyl (C=O) groups is 3. The van der Waals surface area contributed by atoms with Gasteiger partial charge < -0.3 is 10.6 Å². The fourth-order valence-corrected chi connectivity index (χ4v) is 4.42. The molecule has 0 amide bonds. The van der Waals surface area contributed by atoms with Crippen LogP contribution in [0.5, 0.6) is 0 Å². The van der Waals surface area contributed by atoms with E-state index in [2.05, 4.69) is 29.7 Å². The van der Waals surface area contributed by atoms with Gasteiger partial charge in [-0.25, -0.2) is 0 Å². The fourth-order valence-electron chi connectivity index (χ4n) is 4.42. The molecule has 0 aliphatic heterocycles. The number of benzene rings is 3. The highest BCUT2D eigenvalue weighted by Gasteiger charge is 2.21.